The third-order valence-electron chi connectivity index (χ3n) is 3.73. The number of hydrogen-bond acceptors (Lipinski definition) is 4. The first-order chi connectivity index (χ1) is 12.6. The van der Waals surface area contributed by atoms with Gasteiger partial charge in [-0.1, -0.05) is 56.1 Å². The minimum Gasteiger partial charge on any atom is -0.331 e. The average Bonchev–Trinajstić information content (AvgIpc) is 3.00. The van der Waals surface area contributed by atoms with Crippen molar-refractivity contribution >= 4 is 73.7 Å². The van der Waals surface area contributed by atoms with Crippen molar-refractivity contribution in [3.05, 3.63) is 46.4 Å². The van der Waals surface area contributed by atoms with Crippen molar-refractivity contribution < 1.29 is 4.79 Å². The Morgan fingerprint density at radius 2 is 1.89 bits per heavy atom. The summed E-state index contributed by atoms with van der Waals surface area (Å²) in [5.74, 6) is -0.188. The fourth-order valence-electron chi connectivity index (χ4n) is 2.29. The van der Waals surface area contributed by atoms with E-state index >= 15 is 0 Å². The number of halogens is 2. The number of anilines is 1. The maximum Gasteiger partial charge on any atom is 0.231 e. The Morgan fingerprint density at radius 1 is 1.19 bits per heavy atom. The number of carbonyl (C=O) groups excluding carboxylic acids is 1. The molecule has 0 unspecified atom stereocenters. The zero-order valence-electron chi connectivity index (χ0n) is 14.9. The van der Waals surface area contributed by atoms with Crippen molar-refractivity contribution in [3.63, 3.8) is 0 Å². The Morgan fingerprint density at radius 3 is 2.56 bits per heavy atom. The van der Waals surface area contributed by atoms with Crippen LogP contribution in [0.15, 0.2) is 36.4 Å². The zero-order chi connectivity index (χ0) is 19.8. The predicted molar refractivity (Wildman–Crippen MR) is 119 cm³/mol. The molecule has 3 aromatic rings. The van der Waals surface area contributed by atoms with Gasteiger partial charge in [0.15, 0.2) is 5.11 Å². The highest BCUT2D eigenvalue weighted by Crippen LogP contribution is 2.40. The number of thiocarbonyl (C=S) groups is 1. The first-order valence-electron chi connectivity index (χ1n) is 8.12. The molecule has 0 aliphatic carbocycles. The van der Waals surface area contributed by atoms with Crippen molar-refractivity contribution in [2.75, 3.05) is 5.32 Å². The number of carbonyl (C=O) groups is 1. The van der Waals surface area contributed by atoms with Gasteiger partial charge < -0.3 is 10.6 Å². The van der Waals surface area contributed by atoms with Crippen LogP contribution in [-0.4, -0.2) is 16.0 Å². The maximum absolute atomic E-state index is 12.2. The third-order valence-corrected chi connectivity index (χ3v) is 5.52. The second-order valence-corrected chi connectivity index (χ2v) is 9.24. The number of fused-ring (bicyclic) bond motifs is 1. The van der Waals surface area contributed by atoms with Crippen molar-refractivity contribution in [2.45, 2.75) is 20.8 Å². The number of amides is 1. The first kappa shape index (κ1) is 20.0. The maximum atomic E-state index is 12.2. The van der Waals surface area contributed by atoms with E-state index in [0.29, 0.717) is 15.7 Å². The molecule has 3 rings (SSSR count). The molecule has 8 heteroatoms. The highest BCUT2D eigenvalue weighted by Gasteiger charge is 2.23. The van der Waals surface area contributed by atoms with E-state index in [9.17, 15) is 4.79 Å². The number of nitrogens with one attached hydrogen (secondary N) is 2. The molecule has 140 valence electrons. The van der Waals surface area contributed by atoms with E-state index in [4.69, 9.17) is 35.4 Å². The molecule has 0 fully saturated rings. The number of aromatic nitrogens is 1. The summed E-state index contributed by atoms with van der Waals surface area (Å²) in [6, 6.07) is 11.3. The van der Waals surface area contributed by atoms with Gasteiger partial charge >= 0.3 is 0 Å². The van der Waals surface area contributed by atoms with Gasteiger partial charge in [-0.15, -0.1) is 11.3 Å². The van der Waals surface area contributed by atoms with Gasteiger partial charge in [0, 0.05) is 16.0 Å². The molecule has 4 nitrogen and oxygen atoms in total. The van der Waals surface area contributed by atoms with Crippen LogP contribution in [0.4, 0.5) is 5.69 Å². The van der Waals surface area contributed by atoms with Gasteiger partial charge in [0.05, 0.1) is 20.9 Å². The lowest BCUT2D eigenvalue weighted by Crippen LogP contribution is -2.41. The predicted octanol–water partition coefficient (Wildman–Crippen LogP) is 6.13. The van der Waals surface area contributed by atoms with Gasteiger partial charge in [-0.25, -0.2) is 4.98 Å². The van der Waals surface area contributed by atoms with Gasteiger partial charge in [-0.3, -0.25) is 4.79 Å². The van der Waals surface area contributed by atoms with Gasteiger partial charge in [0.2, 0.25) is 5.91 Å². The number of thiazole rings is 1. The Kier molecular flexibility index (Phi) is 5.72. The fraction of sp³-hybridized carbons (Fsp3) is 0.211. The van der Waals surface area contributed by atoms with Crippen LogP contribution in [0.25, 0.3) is 20.8 Å². The first-order valence-corrected chi connectivity index (χ1v) is 10.1. The minimum atomic E-state index is -0.564. The zero-order valence-corrected chi connectivity index (χ0v) is 18.0. The topological polar surface area (TPSA) is 54.0 Å². The summed E-state index contributed by atoms with van der Waals surface area (Å²) in [7, 11) is 0. The molecule has 0 spiro atoms. The lowest BCUT2D eigenvalue weighted by molar-refractivity contribution is -0.126. The van der Waals surface area contributed by atoms with Gasteiger partial charge in [0.25, 0.3) is 0 Å². The molecule has 0 atom stereocenters. The summed E-state index contributed by atoms with van der Waals surface area (Å²) >= 11 is 19.4. The number of nitrogens with zero attached hydrogens (tertiary/aromatic N) is 1. The van der Waals surface area contributed by atoms with Gasteiger partial charge in [-0.2, -0.15) is 0 Å². The van der Waals surface area contributed by atoms with E-state index in [1.54, 1.807) is 12.1 Å². The van der Waals surface area contributed by atoms with Crippen LogP contribution in [0.3, 0.4) is 0 Å². The molecule has 0 bridgehead atoms. The van der Waals surface area contributed by atoms with Crippen LogP contribution in [-0.2, 0) is 4.79 Å². The highest BCUT2D eigenvalue weighted by molar-refractivity contribution is 7.80. The van der Waals surface area contributed by atoms with E-state index in [1.807, 2.05) is 45.0 Å². The van der Waals surface area contributed by atoms with Crippen molar-refractivity contribution in [2.24, 2.45) is 5.41 Å². The van der Waals surface area contributed by atoms with E-state index in [-0.39, 0.29) is 11.0 Å². The Balaban J connectivity index is 1.98. The summed E-state index contributed by atoms with van der Waals surface area (Å²) in [5.41, 5.74) is 1.61. The average molecular weight is 438 g/mol. The third kappa shape index (κ3) is 4.58. The number of para-hydroxylation sites is 1. The Bertz CT molecular complexity index is 1010. The molecular weight excluding hydrogens is 421 g/mol. The summed E-state index contributed by atoms with van der Waals surface area (Å²) in [6.45, 7) is 5.44. The SMILES string of the molecule is CC(C)(C)C(=O)NC(=S)Nc1c(Cl)cc(Cl)cc1-c1nc2ccccc2s1. The van der Waals surface area contributed by atoms with Crippen molar-refractivity contribution in [1.82, 2.24) is 10.3 Å². The minimum absolute atomic E-state index is 0.168. The van der Waals surface area contributed by atoms with Crippen LogP contribution in [0.5, 0.6) is 0 Å². The standard InChI is InChI=1S/C19H17Cl2N3OS2/c1-19(2,3)17(25)24-18(26)23-15-11(8-10(20)9-12(15)21)16-22-13-6-4-5-7-14(13)27-16/h4-9H,1-3H3,(H2,23,24,25,26). The summed E-state index contributed by atoms with van der Waals surface area (Å²) < 4.78 is 1.05. The van der Waals surface area contributed by atoms with Crippen LogP contribution in [0.1, 0.15) is 20.8 Å². The Hall–Kier alpha value is -1.73. The molecule has 0 saturated carbocycles. The smallest absolute Gasteiger partial charge is 0.231 e. The molecule has 2 aromatic carbocycles. The monoisotopic (exact) mass is 437 g/mol. The number of benzene rings is 2. The van der Waals surface area contributed by atoms with Gasteiger partial charge in [0.1, 0.15) is 5.01 Å². The van der Waals surface area contributed by atoms with Crippen molar-refractivity contribution in [1.29, 1.82) is 0 Å². The molecular formula is C19H17Cl2N3OS2. The largest absolute Gasteiger partial charge is 0.331 e. The summed E-state index contributed by atoms with van der Waals surface area (Å²) in [4.78, 5) is 16.8. The molecule has 1 heterocycles. The number of hydrogen-bond donors (Lipinski definition) is 2. The van der Waals surface area contributed by atoms with Crippen LogP contribution < -0.4 is 10.6 Å². The van der Waals surface area contributed by atoms with Crippen LogP contribution >= 0.6 is 46.8 Å². The van der Waals surface area contributed by atoms with Crippen LogP contribution in [0, 0.1) is 5.41 Å². The molecule has 0 radical (unpaired) electrons. The summed E-state index contributed by atoms with van der Waals surface area (Å²) in [5, 5.41) is 7.52. The highest BCUT2D eigenvalue weighted by atomic mass is 35.5. The molecule has 0 aliphatic rings. The normalized spacial score (nSPS) is 11.4. The second kappa shape index (κ2) is 7.72. The fourth-order valence-corrected chi connectivity index (χ4v) is 4.02. The molecule has 0 aliphatic heterocycles. The lowest BCUT2D eigenvalue weighted by Gasteiger charge is -2.20. The summed E-state index contributed by atoms with van der Waals surface area (Å²) in [6.07, 6.45) is 0. The second-order valence-electron chi connectivity index (χ2n) is 6.96. The van der Waals surface area contributed by atoms with E-state index in [0.717, 1.165) is 20.8 Å². The molecule has 1 aromatic heterocycles. The van der Waals surface area contributed by atoms with E-state index in [2.05, 4.69) is 15.6 Å². The molecule has 1 amide bonds. The molecule has 27 heavy (non-hydrogen) atoms. The lowest BCUT2D eigenvalue weighted by atomic mass is 9.96. The van der Waals surface area contributed by atoms with E-state index in [1.165, 1.54) is 11.3 Å². The molecule has 0 saturated heterocycles. The van der Waals surface area contributed by atoms with Crippen LogP contribution in [0.2, 0.25) is 10.0 Å². The van der Waals surface area contributed by atoms with Gasteiger partial charge in [-0.05, 0) is 36.5 Å². The number of rotatable bonds is 2. The van der Waals surface area contributed by atoms with Crippen molar-refractivity contribution in [3.8, 4) is 10.6 Å². The van der Waals surface area contributed by atoms with E-state index < -0.39 is 5.41 Å². The quantitative estimate of drug-likeness (QED) is 0.473. The molecule has 2 N–H and O–H groups in total. The Labute approximate surface area is 176 Å².